The van der Waals surface area contributed by atoms with E-state index in [4.69, 9.17) is 11.0 Å². The second kappa shape index (κ2) is 12.9. The molecular weight excluding hydrogens is 605 g/mol. The van der Waals surface area contributed by atoms with Gasteiger partial charge in [0.1, 0.15) is 0 Å². The summed E-state index contributed by atoms with van der Waals surface area (Å²) < 4.78 is 60.2. The smallest absolute Gasteiger partial charge is 0.0313 e. The average molecular weight is 641 g/mol. The van der Waals surface area contributed by atoms with E-state index in [0.717, 1.165) is 27.9 Å². The Labute approximate surface area is 233 Å². The van der Waals surface area contributed by atoms with E-state index >= 15 is 0 Å². The van der Waals surface area contributed by atoms with E-state index in [-0.39, 0.29) is 25.7 Å². The fraction of sp³-hybridized carbons (Fsp3) is 0.125. The van der Waals surface area contributed by atoms with Crippen molar-refractivity contribution in [3.8, 4) is 33.6 Å². The zero-order valence-corrected chi connectivity index (χ0v) is 21.4. The minimum atomic E-state index is -2.75. The molecule has 0 saturated carbocycles. The second-order valence-corrected chi connectivity index (χ2v) is 7.57. The van der Waals surface area contributed by atoms with Crippen LogP contribution in [0.25, 0.3) is 33.6 Å². The maximum absolute atomic E-state index is 7.92. The van der Waals surface area contributed by atoms with Gasteiger partial charge in [0, 0.05) is 43.5 Å². The maximum atomic E-state index is 7.92. The first kappa shape index (κ1) is 17.1. The molecule has 0 aliphatic carbocycles. The van der Waals surface area contributed by atoms with E-state index in [0.29, 0.717) is 16.8 Å². The summed E-state index contributed by atoms with van der Waals surface area (Å²) in [5.41, 5.74) is 5.93. The Morgan fingerprint density at radius 2 is 1.57 bits per heavy atom. The first-order chi connectivity index (χ1) is 19.8. The monoisotopic (exact) mass is 641 g/mol. The Morgan fingerprint density at radius 1 is 0.771 bits per heavy atom. The molecular formula is C32H28IrN2-2. The van der Waals surface area contributed by atoms with Gasteiger partial charge in [0.2, 0.25) is 0 Å². The summed E-state index contributed by atoms with van der Waals surface area (Å²) >= 11 is 0. The van der Waals surface area contributed by atoms with E-state index in [1.165, 1.54) is 24.5 Å². The molecule has 0 fully saturated rings. The zero-order valence-electron chi connectivity index (χ0n) is 27.0. The van der Waals surface area contributed by atoms with Gasteiger partial charge >= 0.3 is 0 Å². The SMILES string of the molecule is [2H]C([2H])([2H])C([2H])([2H])c1ccnc(-c2[c-]ccc(-c3ccccc3)c2)c1.[2H]C([2H])([2H])c1cnc(-c2[c-]cccc2)cc1C.[Ir]. The molecule has 177 valence electrons. The molecule has 1 radical (unpaired) electrons. The van der Waals surface area contributed by atoms with Gasteiger partial charge in [-0.1, -0.05) is 60.4 Å². The minimum Gasteiger partial charge on any atom is -0.305 e. The summed E-state index contributed by atoms with van der Waals surface area (Å²) in [7, 11) is 0. The molecule has 0 aliphatic rings. The van der Waals surface area contributed by atoms with E-state index in [1.54, 1.807) is 19.1 Å². The van der Waals surface area contributed by atoms with Crippen molar-refractivity contribution >= 4 is 0 Å². The predicted octanol–water partition coefficient (Wildman–Crippen LogP) is 7.94. The van der Waals surface area contributed by atoms with Crippen LogP contribution in [0.5, 0.6) is 0 Å². The largest absolute Gasteiger partial charge is 0.305 e. The fourth-order valence-electron chi connectivity index (χ4n) is 3.34. The third-order valence-corrected chi connectivity index (χ3v) is 5.18. The van der Waals surface area contributed by atoms with Crippen LogP contribution >= 0.6 is 0 Å². The first-order valence-corrected chi connectivity index (χ1v) is 10.8. The summed E-state index contributed by atoms with van der Waals surface area (Å²) in [6.45, 7) is -3.06. The second-order valence-electron chi connectivity index (χ2n) is 7.57. The van der Waals surface area contributed by atoms with Crippen molar-refractivity contribution in [1.29, 1.82) is 0 Å². The third kappa shape index (κ3) is 7.05. The number of hydrogen-bond donors (Lipinski definition) is 0. The summed E-state index contributed by atoms with van der Waals surface area (Å²) in [6.07, 6.45) is 0.414. The van der Waals surface area contributed by atoms with Crippen molar-refractivity contribution in [2.45, 2.75) is 27.0 Å². The molecule has 5 rings (SSSR count). The van der Waals surface area contributed by atoms with Gasteiger partial charge in [0.25, 0.3) is 0 Å². The molecule has 5 aromatic rings. The standard InChI is InChI=1S/C19H16N.C13H12N.Ir/c1-2-15-11-12-20-19(13-15)18-10-6-9-17(14-18)16-7-4-3-5-8-16;1-10-8-13(14-9-11(10)2)12-6-4-3-5-7-12;/h3-9,11-14H,2H2,1H3;3-6,8-9H,1-2H3;/q2*-1;/i1D3,2D2;2D3;. The zero-order chi connectivity index (χ0) is 30.5. The van der Waals surface area contributed by atoms with Gasteiger partial charge in [-0.2, -0.15) is 0 Å². The van der Waals surface area contributed by atoms with Crippen molar-refractivity contribution < 1.29 is 31.1 Å². The van der Waals surface area contributed by atoms with Gasteiger partial charge in [-0.05, 0) is 48.7 Å². The Balaban J connectivity index is 0.000000247. The van der Waals surface area contributed by atoms with Crippen molar-refractivity contribution in [3.05, 3.63) is 132 Å². The van der Waals surface area contributed by atoms with Gasteiger partial charge in [0.05, 0.1) is 0 Å². The maximum Gasteiger partial charge on any atom is 0.0313 e. The number of benzene rings is 3. The molecule has 0 amide bonds. The molecule has 2 heterocycles. The first-order valence-electron chi connectivity index (χ1n) is 14.8. The Hall–Kier alpha value is -3.39. The number of pyridine rings is 2. The summed E-state index contributed by atoms with van der Waals surface area (Å²) in [5, 5.41) is 0. The van der Waals surface area contributed by atoms with Crippen LogP contribution in [0.2, 0.25) is 0 Å². The van der Waals surface area contributed by atoms with Gasteiger partial charge < -0.3 is 9.97 Å². The molecule has 3 aromatic carbocycles. The molecule has 35 heavy (non-hydrogen) atoms. The molecule has 0 saturated heterocycles. The third-order valence-electron chi connectivity index (χ3n) is 5.18. The van der Waals surface area contributed by atoms with Crippen LogP contribution < -0.4 is 0 Å². The molecule has 0 atom stereocenters. The van der Waals surface area contributed by atoms with E-state index in [2.05, 4.69) is 22.1 Å². The van der Waals surface area contributed by atoms with Crippen molar-refractivity contribution in [2.75, 3.05) is 0 Å². The fourth-order valence-corrected chi connectivity index (χ4v) is 3.34. The minimum absolute atomic E-state index is 0. The number of aryl methyl sites for hydroxylation is 3. The van der Waals surface area contributed by atoms with Gasteiger partial charge in [-0.15, -0.1) is 71.3 Å². The van der Waals surface area contributed by atoms with Crippen LogP contribution in [0.1, 0.15) is 34.5 Å². The molecule has 2 nitrogen and oxygen atoms in total. The quantitative estimate of drug-likeness (QED) is 0.187. The van der Waals surface area contributed by atoms with Crippen LogP contribution in [-0.4, -0.2) is 9.97 Å². The van der Waals surface area contributed by atoms with Crippen LogP contribution in [-0.2, 0) is 26.5 Å². The summed E-state index contributed by atoms with van der Waals surface area (Å²) in [5.74, 6) is 0. The number of hydrogen-bond acceptors (Lipinski definition) is 2. The molecule has 0 N–H and O–H groups in total. The Kier molecular flexibility index (Phi) is 6.30. The molecule has 0 spiro atoms. The molecule has 0 aliphatic heterocycles. The summed E-state index contributed by atoms with van der Waals surface area (Å²) in [6, 6.07) is 33.8. The van der Waals surface area contributed by atoms with E-state index < -0.39 is 20.1 Å². The Bertz CT molecular complexity index is 1640. The number of nitrogens with zero attached hydrogens (tertiary/aromatic N) is 2. The van der Waals surface area contributed by atoms with Crippen molar-refractivity contribution in [1.82, 2.24) is 9.97 Å². The number of rotatable bonds is 4. The van der Waals surface area contributed by atoms with E-state index in [9.17, 15) is 0 Å². The molecule has 0 unspecified atom stereocenters. The van der Waals surface area contributed by atoms with Gasteiger partial charge in [-0.3, -0.25) is 0 Å². The number of aromatic nitrogens is 2. The predicted molar refractivity (Wildman–Crippen MR) is 141 cm³/mol. The Morgan fingerprint density at radius 3 is 2.31 bits per heavy atom. The average Bonchev–Trinajstić information content (AvgIpc) is 2.97. The van der Waals surface area contributed by atoms with Crippen LogP contribution in [0.3, 0.4) is 0 Å². The van der Waals surface area contributed by atoms with Gasteiger partial charge in [0.15, 0.2) is 0 Å². The van der Waals surface area contributed by atoms with Crippen molar-refractivity contribution in [2.24, 2.45) is 0 Å². The van der Waals surface area contributed by atoms with Crippen LogP contribution in [0.4, 0.5) is 0 Å². The summed E-state index contributed by atoms with van der Waals surface area (Å²) in [4.78, 5) is 8.44. The van der Waals surface area contributed by atoms with Crippen LogP contribution in [0, 0.1) is 25.9 Å². The van der Waals surface area contributed by atoms with Crippen molar-refractivity contribution in [3.63, 3.8) is 0 Å². The molecule has 0 bridgehead atoms. The molecule has 2 aromatic heterocycles. The normalized spacial score (nSPS) is 14.5. The topological polar surface area (TPSA) is 25.8 Å². The van der Waals surface area contributed by atoms with Crippen LogP contribution in [0.15, 0.2) is 103 Å². The van der Waals surface area contributed by atoms with Gasteiger partial charge in [-0.25, -0.2) is 0 Å². The van der Waals surface area contributed by atoms with E-state index in [1.807, 2.05) is 66.7 Å². The molecule has 3 heteroatoms.